The number of phenolic OH excluding ortho intramolecular Hbond substituents is 1. The maximum atomic E-state index is 12.5. The zero-order valence-corrected chi connectivity index (χ0v) is 20.1. The second-order valence-corrected chi connectivity index (χ2v) is 10.1. The van der Waals surface area contributed by atoms with Crippen molar-refractivity contribution in [1.82, 2.24) is 0 Å². The van der Waals surface area contributed by atoms with Crippen LogP contribution in [-0.2, 0) is 23.8 Å². The number of halogens is 1. The minimum Gasteiger partial charge on any atom is -0.508 e. The molecule has 7 heteroatoms. The maximum Gasteiger partial charge on any atom is 0.339 e. The zero-order valence-electron chi connectivity index (χ0n) is 19.3. The van der Waals surface area contributed by atoms with Crippen molar-refractivity contribution in [1.29, 1.82) is 0 Å². The average Bonchev–Trinajstić information content (AvgIpc) is 2.77. The first-order valence-electron chi connectivity index (χ1n) is 12.0. The van der Waals surface area contributed by atoms with Gasteiger partial charge in [0.2, 0.25) is 4.87 Å². The van der Waals surface area contributed by atoms with Gasteiger partial charge in [0.15, 0.2) is 0 Å². The summed E-state index contributed by atoms with van der Waals surface area (Å²) in [4.78, 5) is 23.1. The molecule has 4 fully saturated rings. The van der Waals surface area contributed by atoms with Gasteiger partial charge in [-0.1, -0.05) is 23.7 Å². The Hall–Kier alpha value is -2.21. The standard InChI is InChI=1S/C26H33ClO6/c1-3-31-24(29)26(27,25(30)32-4-2)8-9-33-23(18-6-5-7-21(28)15-18)22-19-11-16-10-17(13-19)14-20(22)12-16/h5-7,15-17,19-20,28H,3-4,8-14H2,1-2H3. The molecule has 1 aromatic rings. The Balaban J connectivity index is 1.60. The molecule has 4 saturated carbocycles. The monoisotopic (exact) mass is 476 g/mol. The third kappa shape index (κ3) is 4.86. The van der Waals surface area contributed by atoms with Crippen LogP contribution in [0.2, 0.25) is 0 Å². The number of alkyl halides is 1. The Morgan fingerprint density at radius 2 is 1.55 bits per heavy atom. The topological polar surface area (TPSA) is 82.1 Å². The SMILES string of the molecule is CCOC(=O)C(Cl)(CCOC(=C1C2CC3CC(C2)CC1C3)c1cccc(O)c1)C(=O)OCC. The second kappa shape index (κ2) is 9.96. The molecule has 4 aliphatic rings. The van der Waals surface area contributed by atoms with Crippen molar-refractivity contribution in [3.05, 3.63) is 35.4 Å². The van der Waals surface area contributed by atoms with Gasteiger partial charge in [-0.3, -0.25) is 0 Å². The molecule has 5 rings (SSSR count). The van der Waals surface area contributed by atoms with Crippen LogP contribution >= 0.6 is 11.6 Å². The van der Waals surface area contributed by atoms with Gasteiger partial charge in [0, 0.05) is 12.0 Å². The number of carbonyl (C=O) groups is 2. The Kier molecular flexibility index (Phi) is 7.22. The number of carbonyl (C=O) groups excluding carboxylic acids is 2. The van der Waals surface area contributed by atoms with Crippen LogP contribution in [0.25, 0.3) is 5.76 Å². The molecule has 0 unspecified atom stereocenters. The van der Waals surface area contributed by atoms with Gasteiger partial charge >= 0.3 is 11.9 Å². The molecule has 0 spiro atoms. The quantitative estimate of drug-likeness (QED) is 0.232. The van der Waals surface area contributed by atoms with E-state index in [0.717, 1.165) is 23.2 Å². The lowest BCUT2D eigenvalue weighted by Crippen LogP contribution is -2.45. The summed E-state index contributed by atoms with van der Waals surface area (Å²) < 4.78 is 16.4. The van der Waals surface area contributed by atoms with Crippen LogP contribution in [0.1, 0.15) is 57.9 Å². The summed E-state index contributed by atoms with van der Waals surface area (Å²) in [5.74, 6) is 1.83. The van der Waals surface area contributed by atoms with Crippen LogP contribution in [0.15, 0.2) is 29.8 Å². The van der Waals surface area contributed by atoms with Crippen LogP contribution in [-0.4, -0.2) is 41.7 Å². The Morgan fingerprint density at radius 3 is 2.06 bits per heavy atom. The van der Waals surface area contributed by atoms with Crippen molar-refractivity contribution < 1.29 is 28.9 Å². The molecular weight excluding hydrogens is 444 g/mol. The minimum absolute atomic E-state index is 0.0436. The number of ether oxygens (including phenoxy) is 3. The third-order valence-electron chi connectivity index (χ3n) is 7.28. The zero-order chi connectivity index (χ0) is 23.6. The highest BCUT2D eigenvalue weighted by Crippen LogP contribution is 2.58. The summed E-state index contributed by atoms with van der Waals surface area (Å²) in [7, 11) is 0. The average molecular weight is 477 g/mol. The highest BCUT2D eigenvalue weighted by atomic mass is 35.5. The van der Waals surface area contributed by atoms with Gasteiger partial charge < -0.3 is 19.3 Å². The number of rotatable bonds is 9. The van der Waals surface area contributed by atoms with E-state index < -0.39 is 16.8 Å². The van der Waals surface area contributed by atoms with Crippen LogP contribution in [0.5, 0.6) is 5.75 Å². The molecule has 0 aliphatic heterocycles. The fourth-order valence-corrected chi connectivity index (χ4v) is 6.30. The molecule has 1 N–H and O–H groups in total. The molecule has 0 aromatic heterocycles. The molecule has 0 heterocycles. The lowest BCUT2D eigenvalue weighted by Gasteiger charge is -2.51. The van der Waals surface area contributed by atoms with Crippen molar-refractivity contribution in [2.24, 2.45) is 23.7 Å². The Bertz CT molecular complexity index is 875. The molecule has 6 nitrogen and oxygen atoms in total. The summed E-state index contributed by atoms with van der Waals surface area (Å²) in [5, 5.41) is 10.1. The van der Waals surface area contributed by atoms with E-state index in [1.165, 1.54) is 37.7 Å². The summed E-state index contributed by atoms with van der Waals surface area (Å²) in [6.07, 6.45) is 5.98. The number of allylic oxidation sites excluding steroid dienone is 1. The lowest BCUT2D eigenvalue weighted by molar-refractivity contribution is -0.159. The third-order valence-corrected chi connectivity index (χ3v) is 7.78. The van der Waals surface area contributed by atoms with Crippen molar-refractivity contribution in [3.8, 4) is 5.75 Å². The minimum atomic E-state index is -1.95. The van der Waals surface area contributed by atoms with Gasteiger partial charge in [0.25, 0.3) is 0 Å². The van der Waals surface area contributed by atoms with Gasteiger partial charge in [-0.2, -0.15) is 0 Å². The number of phenols is 1. The molecule has 0 saturated heterocycles. The highest BCUT2D eigenvalue weighted by Gasteiger charge is 2.49. The van der Waals surface area contributed by atoms with Gasteiger partial charge in [-0.15, -0.1) is 0 Å². The smallest absolute Gasteiger partial charge is 0.339 e. The van der Waals surface area contributed by atoms with Gasteiger partial charge in [0.05, 0.1) is 19.8 Å². The number of esters is 2. The first kappa shape index (κ1) is 23.9. The van der Waals surface area contributed by atoms with E-state index in [-0.39, 0.29) is 32.0 Å². The van der Waals surface area contributed by atoms with Crippen molar-refractivity contribution in [3.63, 3.8) is 0 Å². The molecule has 0 amide bonds. The number of hydrogen-bond donors (Lipinski definition) is 1. The van der Waals surface area contributed by atoms with Crippen molar-refractivity contribution >= 4 is 29.3 Å². The Morgan fingerprint density at radius 1 is 0.970 bits per heavy atom. The molecule has 0 atom stereocenters. The molecule has 0 radical (unpaired) electrons. The number of hydrogen-bond acceptors (Lipinski definition) is 6. The Labute approximate surface area is 200 Å². The highest BCUT2D eigenvalue weighted by molar-refractivity contribution is 6.44. The predicted octanol–water partition coefficient (Wildman–Crippen LogP) is 5.07. The first-order valence-corrected chi connectivity index (χ1v) is 12.4. The maximum absolute atomic E-state index is 12.5. The van der Waals surface area contributed by atoms with Crippen LogP contribution < -0.4 is 0 Å². The van der Waals surface area contributed by atoms with Gasteiger partial charge in [0.1, 0.15) is 11.5 Å². The summed E-state index contributed by atoms with van der Waals surface area (Å²) in [6, 6.07) is 7.07. The fraction of sp³-hybridized carbons (Fsp3) is 0.615. The fourth-order valence-electron chi connectivity index (χ4n) is 6.12. The van der Waals surface area contributed by atoms with E-state index >= 15 is 0 Å². The summed E-state index contributed by atoms with van der Waals surface area (Å²) >= 11 is 6.47. The summed E-state index contributed by atoms with van der Waals surface area (Å²) in [5.41, 5.74) is 2.13. The van der Waals surface area contributed by atoms with E-state index in [1.807, 2.05) is 6.07 Å². The van der Waals surface area contributed by atoms with Gasteiger partial charge in [-0.05, 0) is 87.3 Å². The van der Waals surface area contributed by atoms with E-state index in [9.17, 15) is 14.7 Å². The van der Waals surface area contributed by atoms with E-state index in [0.29, 0.717) is 11.8 Å². The molecule has 4 aliphatic carbocycles. The largest absolute Gasteiger partial charge is 0.508 e. The predicted molar refractivity (Wildman–Crippen MR) is 124 cm³/mol. The normalized spacial score (nSPS) is 25.6. The summed E-state index contributed by atoms with van der Waals surface area (Å²) in [6.45, 7) is 3.58. The van der Waals surface area contributed by atoms with Crippen LogP contribution in [0.3, 0.4) is 0 Å². The van der Waals surface area contributed by atoms with Crippen molar-refractivity contribution in [2.75, 3.05) is 19.8 Å². The molecule has 4 bridgehead atoms. The molecular formula is C26H33ClO6. The molecule has 1 aromatic carbocycles. The number of benzene rings is 1. The second-order valence-electron chi connectivity index (χ2n) is 9.48. The van der Waals surface area contributed by atoms with Crippen molar-refractivity contribution in [2.45, 2.75) is 57.2 Å². The van der Waals surface area contributed by atoms with Crippen LogP contribution in [0.4, 0.5) is 0 Å². The number of aromatic hydroxyl groups is 1. The molecule has 180 valence electrons. The molecule has 33 heavy (non-hydrogen) atoms. The van der Waals surface area contributed by atoms with E-state index in [1.54, 1.807) is 32.0 Å². The van der Waals surface area contributed by atoms with Crippen LogP contribution in [0, 0.1) is 23.7 Å². The first-order chi connectivity index (χ1) is 15.9. The van der Waals surface area contributed by atoms with E-state index in [2.05, 4.69) is 0 Å². The van der Waals surface area contributed by atoms with E-state index in [4.69, 9.17) is 25.8 Å². The van der Waals surface area contributed by atoms with Gasteiger partial charge in [-0.25, -0.2) is 9.59 Å². The lowest BCUT2D eigenvalue weighted by atomic mass is 9.54.